The van der Waals surface area contributed by atoms with Crippen LogP contribution < -0.4 is 10.1 Å². The molecule has 3 aromatic carbocycles. The van der Waals surface area contributed by atoms with Gasteiger partial charge < -0.3 is 19.6 Å². The van der Waals surface area contributed by atoms with Gasteiger partial charge in [-0.05, 0) is 47.5 Å². The quantitative estimate of drug-likeness (QED) is 0.227. The molecule has 0 bridgehead atoms. The largest absolute Gasteiger partial charge is 0.489 e. The maximum Gasteiger partial charge on any atom is 0.326 e. The molecular formula is C31H27N3O4. The first-order chi connectivity index (χ1) is 18.6. The lowest BCUT2D eigenvalue weighted by Crippen LogP contribution is -2.32. The van der Waals surface area contributed by atoms with Crippen LogP contribution in [0.15, 0.2) is 114 Å². The molecule has 0 spiro atoms. The number of anilines is 1. The summed E-state index contributed by atoms with van der Waals surface area (Å²) in [6.07, 6.45) is 3.86. The SMILES string of the molecule is O=C(O)C(Cc1ccco1)Nc1ncc(-c2ccc(OCc3ccccc3)cc2)nc1Cc1ccccc1. The minimum Gasteiger partial charge on any atom is -0.489 e. The van der Waals surface area contributed by atoms with Crippen LogP contribution in [-0.4, -0.2) is 27.1 Å². The Morgan fingerprint density at radius 1 is 0.895 bits per heavy atom. The second-order valence-corrected chi connectivity index (χ2v) is 8.83. The van der Waals surface area contributed by atoms with E-state index in [1.165, 1.54) is 6.26 Å². The van der Waals surface area contributed by atoms with E-state index in [-0.39, 0.29) is 6.42 Å². The minimum atomic E-state index is -0.996. The fourth-order valence-corrected chi connectivity index (χ4v) is 4.06. The van der Waals surface area contributed by atoms with Crippen molar-refractivity contribution in [2.75, 3.05) is 5.32 Å². The third-order valence-electron chi connectivity index (χ3n) is 6.05. The number of hydrogen-bond donors (Lipinski definition) is 2. The molecule has 1 atom stereocenters. The van der Waals surface area contributed by atoms with E-state index in [4.69, 9.17) is 14.1 Å². The van der Waals surface area contributed by atoms with Gasteiger partial charge in [0.2, 0.25) is 0 Å². The highest BCUT2D eigenvalue weighted by molar-refractivity contribution is 5.77. The Morgan fingerprint density at radius 2 is 1.61 bits per heavy atom. The molecule has 0 radical (unpaired) electrons. The van der Waals surface area contributed by atoms with Crippen molar-refractivity contribution in [3.05, 3.63) is 132 Å². The highest BCUT2D eigenvalue weighted by Crippen LogP contribution is 2.25. The summed E-state index contributed by atoms with van der Waals surface area (Å²) >= 11 is 0. The minimum absolute atomic E-state index is 0.182. The molecule has 0 saturated heterocycles. The van der Waals surface area contributed by atoms with Crippen molar-refractivity contribution in [3.63, 3.8) is 0 Å². The molecule has 0 aliphatic rings. The van der Waals surface area contributed by atoms with E-state index in [2.05, 4.69) is 10.3 Å². The number of nitrogens with one attached hydrogen (secondary N) is 1. The van der Waals surface area contributed by atoms with Crippen LogP contribution in [0.3, 0.4) is 0 Å². The molecule has 1 unspecified atom stereocenters. The van der Waals surface area contributed by atoms with Gasteiger partial charge in [-0.1, -0.05) is 60.7 Å². The molecule has 2 aromatic heterocycles. The fraction of sp³-hybridized carbons (Fsp3) is 0.129. The molecule has 0 aliphatic heterocycles. The molecule has 2 heterocycles. The zero-order chi connectivity index (χ0) is 26.2. The number of nitrogens with zero attached hydrogens (tertiary/aromatic N) is 2. The molecule has 0 aliphatic carbocycles. The average Bonchev–Trinajstić information content (AvgIpc) is 3.47. The van der Waals surface area contributed by atoms with E-state index in [0.29, 0.717) is 36.0 Å². The van der Waals surface area contributed by atoms with E-state index in [1.807, 2.05) is 84.9 Å². The van der Waals surface area contributed by atoms with Crippen molar-refractivity contribution in [2.45, 2.75) is 25.5 Å². The van der Waals surface area contributed by atoms with E-state index in [9.17, 15) is 9.90 Å². The molecule has 7 nitrogen and oxygen atoms in total. The average molecular weight is 506 g/mol. The van der Waals surface area contributed by atoms with E-state index in [1.54, 1.807) is 18.3 Å². The summed E-state index contributed by atoms with van der Waals surface area (Å²) in [4.78, 5) is 21.5. The summed E-state index contributed by atoms with van der Waals surface area (Å²) in [6.45, 7) is 0.490. The van der Waals surface area contributed by atoms with E-state index in [0.717, 1.165) is 22.4 Å². The summed E-state index contributed by atoms with van der Waals surface area (Å²) in [7, 11) is 0. The summed E-state index contributed by atoms with van der Waals surface area (Å²) in [5, 5.41) is 12.9. The van der Waals surface area contributed by atoms with Gasteiger partial charge in [-0.2, -0.15) is 0 Å². The predicted molar refractivity (Wildman–Crippen MR) is 145 cm³/mol. The van der Waals surface area contributed by atoms with Crippen LogP contribution in [0, 0.1) is 0 Å². The molecule has 38 heavy (non-hydrogen) atoms. The summed E-state index contributed by atoms with van der Waals surface area (Å²) in [6, 6.07) is 30.2. The predicted octanol–water partition coefficient (Wildman–Crippen LogP) is 6.01. The molecule has 2 N–H and O–H groups in total. The Bertz CT molecular complexity index is 1450. The topological polar surface area (TPSA) is 97.5 Å². The smallest absolute Gasteiger partial charge is 0.326 e. The van der Waals surface area contributed by atoms with E-state index < -0.39 is 12.0 Å². The third-order valence-corrected chi connectivity index (χ3v) is 6.05. The van der Waals surface area contributed by atoms with Gasteiger partial charge >= 0.3 is 5.97 Å². The number of hydrogen-bond acceptors (Lipinski definition) is 6. The van der Waals surface area contributed by atoms with Crippen molar-refractivity contribution in [1.82, 2.24) is 9.97 Å². The van der Waals surface area contributed by atoms with Gasteiger partial charge in [-0.3, -0.25) is 0 Å². The van der Waals surface area contributed by atoms with Gasteiger partial charge in [0.15, 0.2) is 0 Å². The number of ether oxygens (including phenoxy) is 1. The number of carbonyl (C=O) groups is 1. The van der Waals surface area contributed by atoms with Crippen molar-refractivity contribution in [2.24, 2.45) is 0 Å². The normalized spacial score (nSPS) is 11.6. The number of furan rings is 1. The Kier molecular flexibility index (Phi) is 7.75. The van der Waals surface area contributed by atoms with Crippen molar-refractivity contribution >= 4 is 11.8 Å². The Balaban J connectivity index is 1.38. The van der Waals surface area contributed by atoms with Crippen molar-refractivity contribution in [3.8, 4) is 17.0 Å². The van der Waals surface area contributed by atoms with Crippen LogP contribution in [-0.2, 0) is 24.2 Å². The first kappa shape index (κ1) is 24.8. The molecule has 0 amide bonds. The Labute approximate surface area is 220 Å². The Morgan fingerprint density at radius 3 is 2.26 bits per heavy atom. The number of aromatic nitrogens is 2. The lowest BCUT2D eigenvalue weighted by Gasteiger charge is -2.17. The Hall–Kier alpha value is -4.91. The van der Waals surface area contributed by atoms with Crippen molar-refractivity contribution in [1.29, 1.82) is 0 Å². The standard InChI is InChI=1S/C31H27N3O4/c35-31(36)28(19-26-12-7-17-37-26)34-30-27(18-22-8-3-1-4-9-22)33-29(20-32-30)24-13-15-25(16-14-24)38-21-23-10-5-2-6-11-23/h1-17,20,28H,18-19,21H2,(H,32,34)(H,35,36). The van der Waals surface area contributed by atoms with Crippen molar-refractivity contribution < 1.29 is 19.1 Å². The van der Waals surface area contributed by atoms with Gasteiger partial charge in [0, 0.05) is 18.4 Å². The zero-order valence-corrected chi connectivity index (χ0v) is 20.7. The molecule has 190 valence electrons. The van der Waals surface area contributed by atoms with Gasteiger partial charge in [-0.15, -0.1) is 0 Å². The van der Waals surface area contributed by atoms with Crippen LogP contribution >= 0.6 is 0 Å². The lowest BCUT2D eigenvalue weighted by molar-refractivity contribution is -0.138. The lowest BCUT2D eigenvalue weighted by atomic mass is 10.1. The van der Waals surface area contributed by atoms with Crippen LogP contribution in [0.4, 0.5) is 5.82 Å². The second-order valence-electron chi connectivity index (χ2n) is 8.83. The fourth-order valence-electron chi connectivity index (χ4n) is 4.06. The molecule has 0 saturated carbocycles. The number of carboxylic acid groups (broad SMARTS) is 1. The number of rotatable bonds is 11. The van der Waals surface area contributed by atoms with Gasteiger partial charge in [0.25, 0.3) is 0 Å². The van der Waals surface area contributed by atoms with Gasteiger partial charge in [0.05, 0.1) is 23.8 Å². The summed E-state index contributed by atoms with van der Waals surface area (Å²) < 4.78 is 11.3. The third kappa shape index (κ3) is 6.44. The van der Waals surface area contributed by atoms with Gasteiger partial charge in [0.1, 0.15) is 30.0 Å². The first-order valence-corrected chi connectivity index (χ1v) is 12.3. The van der Waals surface area contributed by atoms with Crippen LogP contribution in [0.2, 0.25) is 0 Å². The highest BCUT2D eigenvalue weighted by atomic mass is 16.5. The molecule has 5 aromatic rings. The van der Waals surface area contributed by atoms with Crippen LogP contribution in [0.1, 0.15) is 22.6 Å². The zero-order valence-electron chi connectivity index (χ0n) is 20.7. The highest BCUT2D eigenvalue weighted by Gasteiger charge is 2.22. The number of carboxylic acids is 1. The first-order valence-electron chi connectivity index (χ1n) is 12.3. The molecule has 5 rings (SSSR count). The number of aliphatic carboxylic acids is 1. The molecular weight excluding hydrogens is 478 g/mol. The van der Waals surface area contributed by atoms with Crippen LogP contribution in [0.5, 0.6) is 5.75 Å². The molecule has 0 fully saturated rings. The maximum atomic E-state index is 12.0. The van der Waals surface area contributed by atoms with Crippen LogP contribution in [0.25, 0.3) is 11.3 Å². The maximum absolute atomic E-state index is 12.0. The second kappa shape index (κ2) is 11.9. The summed E-state index contributed by atoms with van der Waals surface area (Å²) in [5.41, 5.74) is 4.38. The molecule has 7 heteroatoms. The number of benzene rings is 3. The van der Waals surface area contributed by atoms with Gasteiger partial charge in [-0.25, -0.2) is 14.8 Å². The monoisotopic (exact) mass is 505 g/mol. The van der Waals surface area contributed by atoms with E-state index >= 15 is 0 Å². The summed E-state index contributed by atoms with van der Waals surface area (Å²) in [5.74, 6) is 0.771.